The predicted octanol–water partition coefficient (Wildman–Crippen LogP) is 1.79. The van der Waals surface area contributed by atoms with Gasteiger partial charge in [0.05, 0.1) is 22.6 Å². The van der Waals surface area contributed by atoms with Crippen LogP contribution in [0.25, 0.3) is 0 Å². The molecule has 0 aliphatic carbocycles. The molecular weight excluding hydrogens is 324 g/mol. The number of ether oxygens (including phenoxy) is 1. The molecule has 0 unspecified atom stereocenters. The third-order valence-electron chi connectivity index (χ3n) is 3.04. The van der Waals surface area contributed by atoms with Gasteiger partial charge >= 0.3 is 0 Å². The van der Waals surface area contributed by atoms with E-state index in [-0.39, 0.29) is 10.6 Å². The van der Waals surface area contributed by atoms with E-state index in [9.17, 15) is 23.6 Å². The quantitative estimate of drug-likeness (QED) is 0.655. The molecule has 0 heterocycles. The van der Waals surface area contributed by atoms with Gasteiger partial charge in [-0.05, 0) is 36.4 Å². The largest absolute Gasteiger partial charge is 0.868 e. The summed E-state index contributed by atoms with van der Waals surface area (Å²) in [4.78, 5) is 9.47. The Morgan fingerprint density at radius 3 is 2.48 bits per heavy atom. The van der Waals surface area contributed by atoms with Gasteiger partial charge in [0.2, 0.25) is 0 Å². The van der Waals surface area contributed by atoms with E-state index in [2.05, 4.69) is 4.72 Å². The van der Waals surface area contributed by atoms with E-state index in [0.29, 0.717) is 5.75 Å². The van der Waals surface area contributed by atoms with Gasteiger partial charge in [-0.25, -0.2) is 8.42 Å². The number of nitro benzene ring substituents is 1. The Labute approximate surface area is 132 Å². The molecule has 2 aromatic rings. The maximum absolute atomic E-state index is 12.4. The Morgan fingerprint density at radius 1 is 1.17 bits per heavy atom. The number of sulfonamides is 1. The van der Waals surface area contributed by atoms with Crippen LogP contribution in [0.3, 0.4) is 0 Å². The van der Waals surface area contributed by atoms with Crippen molar-refractivity contribution in [3.8, 4) is 11.5 Å². The summed E-state index contributed by atoms with van der Waals surface area (Å²) in [5, 5.41) is 22.1. The molecule has 122 valence electrons. The predicted molar refractivity (Wildman–Crippen MR) is 81.1 cm³/mol. The highest BCUT2D eigenvalue weighted by Crippen LogP contribution is 2.30. The minimum absolute atomic E-state index is 0.196. The summed E-state index contributed by atoms with van der Waals surface area (Å²) in [6, 6.07) is 7.49. The van der Waals surface area contributed by atoms with Crippen molar-refractivity contribution in [1.82, 2.24) is 0 Å². The third-order valence-corrected chi connectivity index (χ3v) is 4.40. The number of nitrogens with one attached hydrogen (secondary N) is 1. The first-order valence-corrected chi connectivity index (χ1v) is 7.86. The highest BCUT2D eigenvalue weighted by Gasteiger charge is 2.20. The van der Waals surface area contributed by atoms with E-state index in [4.69, 9.17) is 4.74 Å². The van der Waals surface area contributed by atoms with E-state index >= 15 is 0 Å². The van der Waals surface area contributed by atoms with Gasteiger partial charge in [0.25, 0.3) is 15.7 Å². The summed E-state index contributed by atoms with van der Waals surface area (Å²) in [7, 11) is -2.72. The fraction of sp³-hybridized carbons (Fsp3) is 0.143. The molecule has 8 nitrogen and oxygen atoms in total. The van der Waals surface area contributed by atoms with Crippen molar-refractivity contribution in [2.75, 3.05) is 11.8 Å². The molecule has 0 amide bonds. The fourth-order valence-electron chi connectivity index (χ4n) is 1.91. The molecule has 2 rings (SSSR count). The Morgan fingerprint density at radius 2 is 1.87 bits per heavy atom. The first-order valence-electron chi connectivity index (χ1n) is 6.37. The van der Waals surface area contributed by atoms with Crippen LogP contribution in [-0.2, 0) is 10.0 Å². The van der Waals surface area contributed by atoms with Crippen LogP contribution in [0.2, 0.25) is 0 Å². The number of benzene rings is 2. The summed E-state index contributed by atoms with van der Waals surface area (Å²) in [6.07, 6.45) is 0. The lowest BCUT2D eigenvalue weighted by Crippen LogP contribution is -2.14. The highest BCUT2D eigenvalue weighted by atomic mass is 32.2. The molecule has 0 fully saturated rings. The molecule has 0 radical (unpaired) electrons. The van der Waals surface area contributed by atoms with Crippen LogP contribution in [-0.4, -0.2) is 20.5 Å². The first kappa shape index (κ1) is 16.6. The lowest BCUT2D eigenvalue weighted by atomic mass is 10.2. The summed E-state index contributed by atoms with van der Waals surface area (Å²) in [5.74, 6) is -0.559. The zero-order valence-electron chi connectivity index (χ0n) is 12.3. The molecule has 9 heteroatoms. The number of anilines is 1. The average Bonchev–Trinajstić information content (AvgIpc) is 2.47. The van der Waals surface area contributed by atoms with Crippen LogP contribution in [0, 0.1) is 17.0 Å². The lowest BCUT2D eigenvalue weighted by molar-refractivity contribution is -0.398. The van der Waals surface area contributed by atoms with Crippen molar-refractivity contribution in [2.45, 2.75) is 11.8 Å². The Balaban J connectivity index is 2.46. The van der Waals surface area contributed by atoms with Crippen molar-refractivity contribution in [2.24, 2.45) is 0 Å². The van der Waals surface area contributed by atoms with E-state index in [1.165, 1.54) is 7.11 Å². The van der Waals surface area contributed by atoms with Gasteiger partial charge in [0.1, 0.15) is 5.75 Å². The smallest absolute Gasteiger partial charge is 0.263 e. The number of rotatable bonds is 5. The summed E-state index contributed by atoms with van der Waals surface area (Å²) in [5.41, 5.74) is 0.190. The molecule has 0 bridgehead atoms. The standard InChI is InChI=1S/C14H14N2O6S/c1-9-3-6-14(22-2)11(7-9)15-23(20,21)10-4-5-13(17)12(8-10)16(18)19/h3-8,15,17H,1-2H3/p-1. The second-order valence-corrected chi connectivity index (χ2v) is 6.38. The Bertz CT molecular complexity index is 864. The van der Waals surface area contributed by atoms with Crippen LogP contribution in [0.5, 0.6) is 11.5 Å². The minimum Gasteiger partial charge on any atom is -0.868 e. The maximum Gasteiger partial charge on any atom is 0.263 e. The Kier molecular flexibility index (Phi) is 4.41. The summed E-state index contributed by atoms with van der Waals surface area (Å²) in [6.45, 7) is 1.77. The van der Waals surface area contributed by atoms with Gasteiger partial charge in [-0.15, -0.1) is 0 Å². The molecule has 0 saturated heterocycles. The van der Waals surface area contributed by atoms with E-state index in [1.54, 1.807) is 25.1 Å². The van der Waals surface area contributed by atoms with Gasteiger partial charge in [0.15, 0.2) is 0 Å². The minimum atomic E-state index is -4.11. The van der Waals surface area contributed by atoms with Crippen molar-refractivity contribution in [3.05, 3.63) is 52.1 Å². The number of nitro groups is 1. The molecule has 0 atom stereocenters. The molecule has 2 aromatic carbocycles. The van der Waals surface area contributed by atoms with Crippen molar-refractivity contribution < 1.29 is 23.2 Å². The average molecular weight is 337 g/mol. The van der Waals surface area contributed by atoms with Crippen molar-refractivity contribution in [3.63, 3.8) is 0 Å². The molecule has 0 aliphatic heterocycles. The Hall–Kier alpha value is -2.81. The molecule has 1 N–H and O–H groups in total. The second kappa shape index (κ2) is 6.13. The van der Waals surface area contributed by atoms with Crippen molar-refractivity contribution in [1.29, 1.82) is 0 Å². The second-order valence-electron chi connectivity index (χ2n) is 4.70. The number of aryl methyl sites for hydroxylation is 1. The number of hydrogen-bond acceptors (Lipinski definition) is 6. The summed E-state index contributed by atoms with van der Waals surface area (Å²) >= 11 is 0. The molecular formula is C14H13N2O6S-. The third kappa shape index (κ3) is 3.51. The number of hydrogen-bond donors (Lipinski definition) is 1. The van der Waals surface area contributed by atoms with Crippen LogP contribution in [0.1, 0.15) is 5.56 Å². The molecule has 0 saturated carbocycles. The van der Waals surface area contributed by atoms with Gasteiger partial charge in [0, 0.05) is 6.07 Å². The van der Waals surface area contributed by atoms with Crippen LogP contribution >= 0.6 is 0 Å². The SMILES string of the molecule is COc1ccc(C)cc1NS(=O)(=O)c1ccc([O-])c([N+](=O)[O-])c1. The zero-order valence-corrected chi connectivity index (χ0v) is 13.1. The van der Waals surface area contributed by atoms with Gasteiger partial charge < -0.3 is 9.84 Å². The van der Waals surface area contributed by atoms with Crippen LogP contribution in [0.15, 0.2) is 41.3 Å². The van der Waals surface area contributed by atoms with E-state index in [0.717, 1.165) is 23.8 Å². The first-order chi connectivity index (χ1) is 10.7. The van der Waals surface area contributed by atoms with E-state index < -0.39 is 26.4 Å². The highest BCUT2D eigenvalue weighted by molar-refractivity contribution is 7.92. The molecule has 0 spiro atoms. The maximum atomic E-state index is 12.4. The normalized spacial score (nSPS) is 11.0. The van der Waals surface area contributed by atoms with Crippen LogP contribution in [0.4, 0.5) is 11.4 Å². The summed E-state index contributed by atoms with van der Waals surface area (Å²) < 4.78 is 32.1. The van der Waals surface area contributed by atoms with Crippen LogP contribution < -0.4 is 14.6 Å². The zero-order chi connectivity index (χ0) is 17.2. The monoisotopic (exact) mass is 337 g/mol. The van der Waals surface area contributed by atoms with E-state index in [1.807, 2.05) is 0 Å². The van der Waals surface area contributed by atoms with Crippen molar-refractivity contribution >= 4 is 21.4 Å². The van der Waals surface area contributed by atoms with Gasteiger partial charge in [-0.1, -0.05) is 12.1 Å². The molecule has 0 aliphatic rings. The fourth-order valence-corrected chi connectivity index (χ4v) is 2.99. The van der Waals surface area contributed by atoms with Gasteiger partial charge in [-0.3, -0.25) is 14.8 Å². The number of methoxy groups -OCH3 is 1. The molecule has 23 heavy (non-hydrogen) atoms. The van der Waals surface area contributed by atoms with Gasteiger partial charge in [-0.2, -0.15) is 0 Å². The topological polar surface area (TPSA) is 122 Å². The molecule has 0 aromatic heterocycles. The number of nitrogens with zero attached hydrogens (tertiary/aromatic N) is 1. The lowest BCUT2D eigenvalue weighted by Gasteiger charge is -2.13.